The zero-order chi connectivity index (χ0) is 13.0. The molecule has 0 fully saturated rings. The SMILES string of the molecule is ClCCCc1nnc(Cc2ccc(Cl)c(Cl)c2)s1. The first-order valence-corrected chi connectivity index (χ1v) is 7.61. The smallest absolute Gasteiger partial charge is 0.121 e. The maximum absolute atomic E-state index is 5.97. The number of aryl methyl sites for hydroxylation is 1. The lowest BCUT2D eigenvalue weighted by molar-refractivity contribution is 0.874. The minimum Gasteiger partial charge on any atom is -0.144 e. The minimum atomic E-state index is 0.570. The summed E-state index contributed by atoms with van der Waals surface area (Å²) in [6, 6.07) is 5.62. The Morgan fingerprint density at radius 3 is 2.56 bits per heavy atom. The molecule has 2 rings (SSSR count). The van der Waals surface area contributed by atoms with Crippen LogP contribution < -0.4 is 0 Å². The lowest BCUT2D eigenvalue weighted by Crippen LogP contribution is -1.87. The number of rotatable bonds is 5. The molecular formula is C12H11Cl3N2S. The fourth-order valence-electron chi connectivity index (χ4n) is 1.50. The molecule has 1 heterocycles. The molecule has 0 amide bonds. The van der Waals surface area contributed by atoms with Crippen molar-refractivity contribution in [3.8, 4) is 0 Å². The van der Waals surface area contributed by atoms with Crippen molar-refractivity contribution in [3.63, 3.8) is 0 Å². The quantitative estimate of drug-likeness (QED) is 0.752. The van der Waals surface area contributed by atoms with Crippen LogP contribution in [-0.4, -0.2) is 16.1 Å². The van der Waals surface area contributed by atoms with E-state index in [1.54, 1.807) is 17.4 Å². The fraction of sp³-hybridized carbons (Fsp3) is 0.333. The zero-order valence-electron chi connectivity index (χ0n) is 9.50. The van der Waals surface area contributed by atoms with Gasteiger partial charge in [0, 0.05) is 18.7 Å². The van der Waals surface area contributed by atoms with Gasteiger partial charge in [-0.3, -0.25) is 0 Å². The Balaban J connectivity index is 2.04. The Labute approximate surface area is 125 Å². The molecule has 0 saturated heterocycles. The molecule has 6 heteroatoms. The summed E-state index contributed by atoms with van der Waals surface area (Å²) >= 11 is 19.1. The molecule has 0 unspecified atom stereocenters. The molecule has 0 aliphatic carbocycles. The van der Waals surface area contributed by atoms with Crippen molar-refractivity contribution < 1.29 is 0 Å². The van der Waals surface area contributed by atoms with Gasteiger partial charge in [0.05, 0.1) is 10.0 Å². The number of halogens is 3. The minimum absolute atomic E-state index is 0.570. The lowest BCUT2D eigenvalue weighted by Gasteiger charge is -2.00. The molecule has 2 aromatic rings. The molecule has 0 spiro atoms. The highest BCUT2D eigenvalue weighted by molar-refractivity contribution is 7.11. The molecule has 18 heavy (non-hydrogen) atoms. The highest BCUT2D eigenvalue weighted by atomic mass is 35.5. The summed E-state index contributed by atoms with van der Waals surface area (Å²) in [5.74, 6) is 0.654. The van der Waals surface area contributed by atoms with Crippen LogP contribution >= 0.6 is 46.1 Å². The van der Waals surface area contributed by atoms with Gasteiger partial charge in [-0.1, -0.05) is 29.3 Å². The van der Waals surface area contributed by atoms with Gasteiger partial charge in [-0.15, -0.1) is 33.1 Å². The Morgan fingerprint density at radius 2 is 1.83 bits per heavy atom. The lowest BCUT2D eigenvalue weighted by atomic mass is 10.2. The van der Waals surface area contributed by atoms with E-state index in [1.165, 1.54) is 0 Å². The van der Waals surface area contributed by atoms with Crippen molar-refractivity contribution >= 4 is 46.1 Å². The first-order valence-electron chi connectivity index (χ1n) is 5.50. The van der Waals surface area contributed by atoms with Gasteiger partial charge in [-0.25, -0.2) is 0 Å². The van der Waals surface area contributed by atoms with Crippen LogP contribution in [0.1, 0.15) is 22.0 Å². The van der Waals surface area contributed by atoms with Gasteiger partial charge in [0.1, 0.15) is 10.0 Å². The van der Waals surface area contributed by atoms with E-state index in [9.17, 15) is 0 Å². The van der Waals surface area contributed by atoms with Gasteiger partial charge in [0.25, 0.3) is 0 Å². The normalized spacial score (nSPS) is 10.8. The van der Waals surface area contributed by atoms with Gasteiger partial charge in [-0.05, 0) is 24.1 Å². The summed E-state index contributed by atoms with van der Waals surface area (Å²) in [6.45, 7) is 0. The molecule has 0 bridgehead atoms. The molecule has 1 aromatic carbocycles. The maximum Gasteiger partial charge on any atom is 0.121 e. The van der Waals surface area contributed by atoms with Crippen molar-refractivity contribution in [3.05, 3.63) is 43.8 Å². The summed E-state index contributed by atoms with van der Waals surface area (Å²) in [7, 11) is 0. The topological polar surface area (TPSA) is 25.8 Å². The van der Waals surface area contributed by atoms with Crippen LogP contribution in [0.4, 0.5) is 0 Å². The molecule has 1 aromatic heterocycles. The van der Waals surface area contributed by atoms with Gasteiger partial charge < -0.3 is 0 Å². The van der Waals surface area contributed by atoms with Crippen LogP contribution in [0.3, 0.4) is 0 Å². The fourth-order valence-corrected chi connectivity index (χ4v) is 2.88. The number of aromatic nitrogens is 2. The first-order chi connectivity index (χ1) is 8.69. The van der Waals surface area contributed by atoms with Crippen LogP contribution in [0.15, 0.2) is 18.2 Å². The molecule has 2 nitrogen and oxygen atoms in total. The molecule has 0 radical (unpaired) electrons. The third kappa shape index (κ3) is 3.82. The average Bonchev–Trinajstić information content (AvgIpc) is 2.79. The number of hydrogen-bond acceptors (Lipinski definition) is 3. The standard InChI is InChI=1S/C12H11Cl3N2S/c13-5-1-2-11-16-17-12(18-11)7-8-3-4-9(14)10(15)6-8/h3-4,6H,1-2,5,7H2. The highest BCUT2D eigenvalue weighted by Gasteiger charge is 2.06. The third-order valence-corrected chi connectivity index (χ3v) is 4.36. The van der Waals surface area contributed by atoms with Crippen molar-refractivity contribution in [1.82, 2.24) is 10.2 Å². The largest absolute Gasteiger partial charge is 0.144 e. The Morgan fingerprint density at radius 1 is 1.06 bits per heavy atom. The van der Waals surface area contributed by atoms with E-state index < -0.39 is 0 Å². The second-order valence-electron chi connectivity index (χ2n) is 3.81. The number of hydrogen-bond donors (Lipinski definition) is 0. The Bertz CT molecular complexity index is 528. The molecule has 0 saturated carbocycles. The Hall–Kier alpha value is -0.350. The Kier molecular flexibility index (Phi) is 5.25. The van der Waals surface area contributed by atoms with Crippen molar-refractivity contribution in [1.29, 1.82) is 0 Å². The second-order valence-corrected chi connectivity index (χ2v) is 6.15. The summed E-state index contributed by atoms with van der Waals surface area (Å²) in [5.41, 5.74) is 1.09. The summed E-state index contributed by atoms with van der Waals surface area (Å²) in [4.78, 5) is 0. The van der Waals surface area contributed by atoms with Crippen LogP contribution in [-0.2, 0) is 12.8 Å². The van der Waals surface area contributed by atoms with Crippen LogP contribution in [0, 0.1) is 0 Å². The van der Waals surface area contributed by atoms with Gasteiger partial charge in [0.15, 0.2) is 0 Å². The van der Waals surface area contributed by atoms with Gasteiger partial charge in [-0.2, -0.15) is 0 Å². The molecule has 0 N–H and O–H groups in total. The molecule has 0 atom stereocenters. The summed E-state index contributed by atoms with van der Waals surface area (Å²) in [5, 5.41) is 11.5. The molecule has 96 valence electrons. The van der Waals surface area contributed by atoms with Crippen LogP contribution in [0.2, 0.25) is 10.0 Å². The van der Waals surface area contributed by atoms with E-state index in [0.29, 0.717) is 15.9 Å². The predicted octanol–water partition coefficient (Wildman–Crippen LogP) is 4.61. The first kappa shape index (κ1) is 14.1. The van der Waals surface area contributed by atoms with Crippen molar-refractivity contribution in [2.45, 2.75) is 19.3 Å². The van der Waals surface area contributed by atoms with Crippen molar-refractivity contribution in [2.75, 3.05) is 5.88 Å². The van der Waals surface area contributed by atoms with Crippen LogP contribution in [0.5, 0.6) is 0 Å². The summed E-state index contributed by atoms with van der Waals surface area (Å²) in [6.07, 6.45) is 2.56. The molecule has 0 aliphatic rings. The number of nitrogens with zero attached hydrogens (tertiary/aromatic N) is 2. The van der Waals surface area contributed by atoms with Gasteiger partial charge >= 0.3 is 0 Å². The van der Waals surface area contributed by atoms with E-state index in [1.807, 2.05) is 12.1 Å². The van der Waals surface area contributed by atoms with E-state index >= 15 is 0 Å². The highest BCUT2D eigenvalue weighted by Crippen LogP contribution is 2.24. The van der Waals surface area contributed by atoms with E-state index in [2.05, 4.69) is 10.2 Å². The average molecular weight is 322 g/mol. The number of alkyl halides is 1. The summed E-state index contributed by atoms with van der Waals surface area (Å²) < 4.78 is 0. The monoisotopic (exact) mass is 320 g/mol. The number of benzene rings is 1. The third-order valence-electron chi connectivity index (χ3n) is 2.37. The van der Waals surface area contributed by atoms with E-state index in [4.69, 9.17) is 34.8 Å². The van der Waals surface area contributed by atoms with Crippen molar-refractivity contribution in [2.24, 2.45) is 0 Å². The molecule has 0 aliphatic heterocycles. The van der Waals surface area contributed by atoms with E-state index in [-0.39, 0.29) is 0 Å². The van der Waals surface area contributed by atoms with E-state index in [0.717, 1.165) is 34.8 Å². The maximum atomic E-state index is 5.97. The predicted molar refractivity (Wildman–Crippen MR) is 78.2 cm³/mol. The van der Waals surface area contributed by atoms with Crippen LogP contribution in [0.25, 0.3) is 0 Å². The zero-order valence-corrected chi connectivity index (χ0v) is 12.6. The molecular weight excluding hydrogens is 311 g/mol. The van der Waals surface area contributed by atoms with Gasteiger partial charge in [0.2, 0.25) is 0 Å². The second kappa shape index (κ2) is 6.71.